The highest BCUT2D eigenvalue weighted by molar-refractivity contribution is 5.78. The van der Waals surface area contributed by atoms with Gasteiger partial charge >= 0.3 is 0 Å². The van der Waals surface area contributed by atoms with Crippen LogP contribution in [0.1, 0.15) is 0 Å². The number of nitrogens with two attached hydrogens (primary N) is 1. The van der Waals surface area contributed by atoms with Crippen molar-refractivity contribution in [2.75, 3.05) is 37.0 Å². The van der Waals surface area contributed by atoms with Gasteiger partial charge in [0, 0.05) is 12.2 Å². The summed E-state index contributed by atoms with van der Waals surface area (Å²) in [6, 6.07) is 5.76. The Bertz CT molecular complexity index is 554. The Morgan fingerprint density at radius 2 is 2.39 bits per heavy atom. The van der Waals surface area contributed by atoms with E-state index in [4.69, 9.17) is 14.9 Å². The lowest BCUT2D eigenvalue weighted by atomic mass is 10.2. The molecule has 0 radical (unpaired) electrons. The lowest BCUT2D eigenvalue weighted by Gasteiger charge is -2.32. The maximum atomic E-state index is 9.33. The van der Waals surface area contributed by atoms with E-state index in [1.165, 1.54) is 0 Å². The quantitative estimate of drug-likeness (QED) is 0.758. The molecule has 1 aromatic carbocycles. The lowest BCUT2D eigenvalue weighted by Crippen LogP contribution is -2.47. The predicted molar refractivity (Wildman–Crippen MR) is 67.5 cm³/mol. The van der Waals surface area contributed by atoms with E-state index in [0.29, 0.717) is 37.0 Å². The Balaban J connectivity index is 1.97. The fraction of sp³-hybridized carbons (Fsp3) is 0.417. The molecule has 1 fully saturated rings. The topological polar surface area (TPSA) is 84.8 Å². The third kappa shape index (κ3) is 1.89. The number of nitrogen functional groups attached to an aromatic ring is 1. The van der Waals surface area contributed by atoms with Crippen molar-refractivity contribution >= 4 is 22.8 Å². The normalized spacial score (nSPS) is 20.5. The smallest absolute Gasteiger partial charge is 0.298 e. The Hall–Kier alpha value is -1.79. The number of fused-ring (bicyclic) bond motifs is 1. The highest BCUT2D eigenvalue weighted by Crippen LogP contribution is 2.25. The second-order valence-electron chi connectivity index (χ2n) is 4.33. The first-order valence-electron chi connectivity index (χ1n) is 5.89. The van der Waals surface area contributed by atoms with Crippen molar-refractivity contribution in [1.29, 1.82) is 0 Å². The molecule has 1 aliphatic heterocycles. The molecule has 18 heavy (non-hydrogen) atoms. The molecule has 0 aliphatic carbocycles. The number of hydrogen-bond acceptors (Lipinski definition) is 6. The SMILES string of the molecule is Nc1ccc2oc(N3CCOCC3CO)nc2c1. The van der Waals surface area contributed by atoms with E-state index in [-0.39, 0.29) is 12.6 Å². The maximum absolute atomic E-state index is 9.33. The van der Waals surface area contributed by atoms with Gasteiger partial charge in [-0.25, -0.2) is 0 Å². The Morgan fingerprint density at radius 3 is 3.22 bits per heavy atom. The molecule has 0 saturated carbocycles. The number of anilines is 2. The Labute approximate surface area is 104 Å². The molecule has 3 rings (SSSR count). The number of benzene rings is 1. The van der Waals surface area contributed by atoms with Gasteiger partial charge in [-0.3, -0.25) is 0 Å². The molecule has 2 aromatic rings. The third-order valence-corrected chi connectivity index (χ3v) is 3.08. The first kappa shape index (κ1) is 11.3. The zero-order valence-corrected chi connectivity index (χ0v) is 9.87. The minimum absolute atomic E-state index is 0.0147. The van der Waals surface area contributed by atoms with Crippen LogP contribution < -0.4 is 10.6 Å². The molecule has 1 saturated heterocycles. The van der Waals surface area contributed by atoms with E-state index in [0.717, 1.165) is 5.52 Å². The van der Waals surface area contributed by atoms with E-state index in [1.54, 1.807) is 18.2 Å². The van der Waals surface area contributed by atoms with E-state index in [9.17, 15) is 5.11 Å². The number of nitrogens with zero attached hydrogens (tertiary/aromatic N) is 2. The Morgan fingerprint density at radius 1 is 1.50 bits per heavy atom. The van der Waals surface area contributed by atoms with Gasteiger partial charge in [-0.05, 0) is 18.2 Å². The second-order valence-corrected chi connectivity index (χ2v) is 4.33. The number of aliphatic hydroxyl groups is 1. The van der Waals surface area contributed by atoms with Gasteiger partial charge in [0.05, 0.1) is 25.9 Å². The van der Waals surface area contributed by atoms with Crippen LogP contribution in [0.15, 0.2) is 22.6 Å². The fourth-order valence-corrected chi connectivity index (χ4v) is 2.11. The number of hydrogen-bond donors (Lipinski definition) is 2. The molecule has 1 unspecified atom stereocenters. The maximum Gasteiger partial charge on any atom is 0.298 e. The first-order valence-corrected chi connectivity index (χ1v) is 5.89. The van der Waals surface area contributed by atoms with Gasteiger partial charge in [0.15, 0.2) is 5.58 Å². The molecular weight excluding hydrogens is 234 g/mol. The van der Waals surface area contributed by atoms with Crippen molar-refractivity contribution in [3.8, 4) is 0 Å². The van der Waals surface area contributed by atoms with Crippen LogP contribution in [0.2, 0.25) is 0 Å². The fourth-order valence-electron chi connectivity index (χ4n) is 2.11. The molecule has 6 heteroatoms. The molecule has 2 heterocycles. The summed E-state index contributed by atoms with van der Waals surface area (Å²) >= 11 is 0. The minimum Gasteiger partial charge on any atom is -0.423 e. The van der Waals surface area contributed by atoms with Gasteiger partial charge < -0.3 is 24.9 Å². The number of ether oxygens (including phenoxy) is 1. The van der Waals surface area contributed by atoms with E-state index in [1.807, 2.05) is 4.90 Å². The lowest BCUT2D eigenvalue weighted by molar-refractivity contribution is 0.0700. The van der Waals surface area contributed by atoms with Crippen molar-refractivity contribution in [1.82, 2.24) is 4.98 Å². The second kappa shape index (κ2) is 4.47. The summed E-state index contributed by atoms with van der Waals surface area (Å²) in [7, 11) is 0. The van der Waals surface area contributed by atoms with Crippen LogP contribution in [0.25, 0.3) is 11.1 Å². The number of rotatable bonds is 2. The third-order valence-electron chi connectivity index (χ3n) is 3.08. The zero-order valence-electron chi connectivity index (χ0n) is 9.87. The molecule has 1 atom stereocenters. The molecule has 1 aromatic heterocycles. The summed E-state index contributed by atoms with van der Waals surface area (Å²) in [4.78, 5) is 6.34. The summed E-state index contributed by atoms with van der Waals surface area (Å²) in [6.45, 7) is 1.77. The summed E-state index contributed by atoms with van der Waals surface area (Å²) in [6.07, 6.45) is 0. The molecule has 6 nitrogen and oxygen atoms in total. The first-order chi connectivity index (χ1) is 8.78. The number of oxazole rings is 1. The number of morpholine rings is 1. The van der Waals surface area contributed by atoms with E-state index in [2.05, 4.69) is 4.98 Å². The van der Waals surface area contributed by atoms with Gasteiger partial charge in [0.1, 0.15) is 5.52 Å². The standard InChI is InChI=1S/C12H15N3O3/c13-8-1-2-11-10(5-8)14-12(18-11)15-3-4-17-7-9(15)6-16/h1-2,5,9,16H,3-4,6-7,13H2. The van der Waals surface area contributed by atoms with Gasteiger partial charge in [0.2, 0.25) is 0 Å². The van der Waals surface area contributed by atoms with Crippen molar-refractivity contribution in [2.24, 2.45) is 0 Å². The van der Waals surface area contributed by atoms with Gasteiger partial charge in [-0.2, -0.15) is 4.98 Å². The zero-order chi connectivity index (χ0) is 12.5. The molecule has 1 aliphatic rings. The van der Waals surface area contributed by atoms with Crippen LogP contribution in [0, 0.1) is 0 Å². The largest absolute Gasteiger partial charge is 0.423 e. The average Bonchev–Trinajstić information content (AvgIpc) is 2.81. The highest BCUT2D eigenvalue weighted by Gasteiger charge is 2.26. The summed E-state index contributed by atoms with van der Waals surface area (Å²) < 4.78 is 11.0. The van der Waals surface area contributed by atoms with Crippen molar-refractivity contribution in [3.63, 3.8) is 0 Å². The van der Waals surface area contributed by atoms with Crippen LogP contribution in [-0.4, -0.2) is 42.5 Å². The molecule has 0 amide bonds. The monoisotopic (exact) mass is 249 g/mol. The minimum atomic E-state index is -0.107. The molecule has 0 spiro atoms. The van der Waals surface area contributed by atoms with E-state index < -0.39 is 0 Å². The predicted octanol–water partition coefficient (Wildman–Crippen LogP) is 0.607. The highest BCUT2D eigenvalue weighted by atomic mass is 16.5. The summed E-state index contributed by atoms with van der Waals surface area (Å²) in [5.41, 5.74) is 7.79. The van der Waals surface area contributed by atoms with E-state index >= 15 is 0 Å². The van der Waals surface area contributed by atoms with Gasteiger partial charge in [-0.15, -0.1) is 0 Å². The number of aromatic nitrogens is 1. The van der Waals surface area contributed by atoms with Crippen molar-refractivity contribution in [3.05, 3.63) is 18.2 Å². The van der Waals surface area contributed by atoms with Crippen LogP contribution in [0.3, 0.4) is 0 Å². The van der Waals surface area contributed by atoms with Crippen LogP contribution in [0.5, 0.6) is 0 Å². The average molecular weight is 249 g/mol. The van der Waals surface area contributed by atoms with Gasteiger partial charge in [0.25, 0.3) is 6.01 Å². The number of aliphatic hydroxyl groups excluding tert-OH is 1. The molecule has 0 bridgehead atoms. The van der Waals surface area contributed by atoms with Crippen LogP contribution >= 0.6 is 0 Å². The molecule has 3 N–H and O–H groups in total. The van der Waals surface area contributed by atoms with Crippen molar-refractivity contribution in [2.45, 2.75) is 6.04 Å². The van der Waals surface area contributed by atoms with Crippen LogP contribution in [0.4, 0.5) is 11.7 Å². The van der Waals surface area contributed by atoms with Crippen molar-refractivity contribution < 1.29 is 14.3 Å². The summed E-state index contributed by atoms with van der Waals surface area (Å²) in [5.74, 6) is 0. The van der Waals surface area contributed by atoms with Gasteiger partial charge in [-0.1, -0.05) is 0 Å². The Kier molecular flexibility index (Phi) is 2.81. The summed E-state index contributed by atoms with van der Waals surface area (Å²) in [5, 5.41) is 9.33. The molecule has 96 valence electrons. The molecular formula is C12H15N3O3. The van der Waals surface area contributed by atoms with Crippen LogP contribution in [-0.2, 0) is 4.74 Å².